The average Bonchev–Trinajstić information content (AvgIpc) is 3.90. The van der Waals surface area contributed by atoms with Gasteiger partial charge >= 0.3 is 5.69 Å². The third kappa shape index (κ3) is 7.29. The molecule has 0 radical (unpaired) electrons. The van der Waals surface area contributed by atoms with E-state index in [4.69, 9.17) is 9.47 Å². The molecule has 0 aliphatic carbocycles. The molecule has 2 aliphatic rings. The molecule has 4 heterocycles. The lowest BCUT2D eigenvalue weighted by Crippen LogP contribution is -2.46. The van der Waals surface area contributed by atoms with Gasteiger partial charge in [0.1, 0.15) is 30.3 Å². The first kappa shape index (κ1) is 34.5. The van der Waals surface area contributed by atoms with Gasteiger partial charge in [0.15, 0.2) is 0 Å². The van der Waals surface area contributed by atoms with Gasteiger partial charge in [0.05, 0.1) is 37.6 Å². The molecule has 0 amide bonds. The van der Waals surface area contributed by atoms with Gasteiger partial charge in [0.2, 0.25) is 0 Å². The summed E-state index contributed by atoms with van der Waals surface area (Å²) < 4.78 is 17.7. The summed E-state index contributed by atoms with van der Waals surface area (Å²) in [4.78, 5) is 21.9. The van der Waals surface area contributed by atoms with Crippen LogP contribution in [0, 0.1) is 19.8 Å². The van der Waals surface area contributed by atoms with Crippen molar-refractivity contribution in [3.63, 3.8) is 0 Å². The lowest BCUT2D eigenvalue weighted by atomic mass is 9.84. The molecule has 4 unspecified atom stereocenters. The Morgan fingerprint density at radius 3 is 2.20 bits per heavy atom. The van der Waals surface area contributed by atoms with Crippen LogP contribution in [0.5, 0.6) is 5.75 Å². The number of anilines is 2. The van der Waals surface area contributed by atoms with E-state index in [1.54, 1.807) is 19.6 Å². The fourth-order valence-electron chi connectivity index (χ4n) is 7.71. The van der Waals surface area contributed by atoms with Gasteiger partial charge in [-0.2, -0.15) is 10.2 Å². The molecule has 0 spiro atoms. The van der Waals surface area contributed by atoms with Crippen LogP contribution < -0.4 is 20.2 Å². The summed E-state index contributed by atoms with van der Waals surface area (Å²) in [6.45, 7) is 13.3. The molecule has 2 saturated heterocycles. The van der Waals surface area contributed by atoms with Crippen LogP contribution in [-0.4, -0.2) is 79.7 Å². The molecule has 4 atom stereocenters. The maximum atomic E-state index is 13.0. The second-order valence-corrected chi connectivity index (χ2v) is 14.0. The molecular formula is C39H48N8O4. The van der Waals surface area contributed by atoms with E-state index in [0.29, 0.717) is 26.2 Å². The third-order valence-electron chi connectivity index (χ3n) is 10.4. The van der Waals surface area contributed by atoms with E-state index in [0.717, 1.165) is 49.7 Å². The lowest BCUT2D eigenvalue weighted by molar-refractivity contribution is -0.0184. The number of aliphatic hydroxyl groups excluding tert-OH is 1. The summed E-state index contributed by atoms with van der Waals surface area (Å²) in [5, 5.41) is 18.7. The largest absolute Gasteiger partial charge is 0.493 e. The summed E-state index contributed by atoms with van der Waals surface area (Å²) in [5.41, 5.74) is 6.00. The highest BCUT2D eigenvalue weighted by atomic mass is 16.5. The molecule has 2 aromatic heterocycles. The number of rotatable bonds is 12. The zero-order valence-corrected chi connectivity index (χ0v) is 29.9. The number of aliphatic hydroxyl groups is 1. The standard InChI is InChI=1S/C39H48N8O4/c1-5-37(30(4)48)47-38(49)46(27-42-47)34-9-7-32(8-10-34)43-16-18-44(19-17-43)33-11-13-35(14-12-33)50-22-31-21-39(51-23-31,24-45-26-40-25-41-45)36-15-6-28(2)20-29(36)3/h6-15,20,25-27,30-31,37,48H,5,16-19,21-24H2,1-4H3. The van der Waals surface area contributed by atoms with Crippen LogP contribution in [0.4, 0.5) is 11.4 Å². The van der Waals surface area contributed by atoms with Gasteiger partial charge in [0.25, 0.3) is 0 Å². The van der Waals surface area contributed by atoms with E-state index in [1.807, 2.05) is 23.7 Å². The minimum Gasteiger partial charge on any atom is -0.493 e. The van der Waals surface area contributed by atoms with Crippen LogP contribution in [0.2, 0.25) is 0 Å². The van der Waals surface area contributed by atoms with Crippen LogP contribution >= 0.6 is 0 Å². The number of nitrogens with zero attached hydrogens (tertiary/aromatic N) is 8. The van der Waals surface area contributed by atoms with E-state index in [9.17, 15) is 9.90 Å². The first-order valence-electron chi connectivity index (χ1n) is 17.9. The molecule has 12 heteroatoms. The molecule has 268 valence electrons. The molecule has 2 fully saturated rings. The highest BCUT2D eigenvalue weighted by molar-refractivity contribution is 5.54. The van der Waals surface area contributed by atoms with Crippen molar-refractivity contribution in [2.75, 3.05) is 49.2 Å². The number of benzene rings is 3. The number of aryl methyl sites for hydroxylation is 2. The van der Waals surface area contributed by atoms with Gasteiger partial charge in [-0.15, -0.1) is 0 Å². The topological polar surface area (TPSA) is 116 Å². The van der Waals surface area contributed by atoms with Crippen LogP contribution in [-0.2, 0) is 16.9 Å². The van der Waals surface area contributed by atoms with Gasteiger partial charge in [0, 0.05) is 43.5 Å². The SMILES string of the molecule is CCC(C(C)O)n1ncn(-c2ccc(N3CCN(c4ccc(OCC5COC(Cn6cncn6)(c6ccc(C)cc6C)C5)cc4)CC3)cc2)c1=O. The normalized spacial score (nSPS) is 20.5. The number of hydrogen-bond acceptors (Lipinski definition) is 9. The second-order valence-electron chi connectivity index (χ2n) is 14.0. The molecule has 7 rings (SSSR count). The lowest BCUT2D eigenvalue weighted by Gasteiger charge is -2.37. The van der Waals surface area contributed by atoms with Crippen LogP contribution in [0.3, 0.4) is 0 Å². The first-order chi connectivity index (χ1) is 24.7. The van der Waals surface area contributed by atoms with Crippen molar-refractivity contribution in [2.24, 2.45) is 5.92 Å². The molecule has 51 heavy (non-hydrogen) atoms. The summed E-state index contributed by atoms with van der Waals surface area (Å²) in [7, 11) is 0. The van der Waals surface area contributed by atoms with E-state index < -0.39 is 11.7 Å². The molecule has 0 saturated carbocycles. The number of ether oxygens (including phenoxy) is 2. The van der Waals surface area contributed by atoms with Crippen molar-refractivity contribution in [1.29, 1.82) is 0 Å². The summed E-state index contributed by atoms with van der Waals surface area (Å²) in [6.07, 6.45) is 5.66. The first-order valence-corrected chi connectivity index (χ1v) is 17.9. The Labute approximate surface area is 298 Å². The van der Waals surface area contributed by atoms with Gasteiger partial charge in [-0.3, -0.25) is 0 Å². The van der Waals surface area contributed by atoms with Gasteiger partial charge in [-0.05, 0) is 93.3 Å². The van der Waals surface area contributed by atoms with Crippen molar-refractivity contribution in [3.8, 4) is 11.4 Å². The fraction of sp³-hybridized carbons (Fsp3) is 0.436. The minimum absolute atomic E-state index is 0.248. The monoisotopic (exact) mass is 692 g/mol. The number of piperazine rings is 1. The van der Waals surface area contributed by atoms with E-state index in [-0.39, 0.29) is 17.6 Å². The van der Waals surface area contributed by atoms with Crippen molar-refractivity contribution in [3.05, 3.63) is 113 Å². The number of aromatic nitrogens is 6. The zero-order chi connectivity index (χ0) is 35.5. The smallest absolute Gasteiger partial charge is 0.350 e. The van der Waals surface area contributed by atoms with Gasteiger partial charge in [-0.1, -0.05) is 30.7 Å². The summed E-state index contributed by atoms with van der Waals surface area (Å²) in [5.74, 6) is 1.11. The highest BCUT2D eigenvalue weighted by Crippen LogP contribution is 2.42. The quantitative estimate of drug-likeness (QED) is 0.195. The van der Waals surface area contributed by atoms with Crippen molar-refractivity contribution >= 4 is 11.4 Å². The second kappa shape index (κ2) is 14.7. The zero-order valence-electron chi connectivity index (χ0n) is 29.9. The fourth-order valence-corrected chi connectivity index (χ4v) is 7.71. The maximum absolute atomic E-state index is 13.0. The molecule has 1 N–H and O–H groups in total. The Morgan fingerprint density at radius 2 is 1.59 bits per heavy atom. The van der Waals surface area contributed by atoms with Crippen molar-refractivity contribution < 1.29 is 14.6 Å². The Balaban J connectivity index is 0.923. The van der Waals surface area contributed by atoms with Gasteiger partial charge in [-0.25, -0.2) is 23.7 Å². The van der Waals surface area contributed by atoms with Crippen LogP contribution in [0.15, 0.2) is 90.5 Å². The van der Waals surface area contributed by atoms with Crippen LogP contribution in [0.25, 0.3) is 5.69 Å². The average molecular weight is 693 g/mol. The molecule has 3 aromatic carbocycles. The van der Waals surface area contributed by atoms with Gasteiger partial charge < -0.3 is 24.4 Å². The molecule has 0 bridgehead atoms. The van der Waals surface area contributed by atoms with Crippen LogP contribution in [0.1, 0.15) is 49.4 Å². The molecule has 12 nitrogen and oxygen atoms in total. The third-order valence-corrected chi connectivity index (χ3v) is 10.4. The Morgan fingerprint density at radius 1 is 0.922 bits per heavy atom. The Hall–Kier alpha value is -4.94. The minimum atomic E-state index is -0.658. The van der Waals surface area contributed by atoms with E-state index >= 15 is 0 Å². The highest BCUT2D eigenvalue weighted by Gasteiger charge is 2.43. The molecular weight excluding hydrogens is 644 g/mol. The summed E-state index contributed by atoms with van der Waals surface area (Å²) in [6, 6.07) is 22.7. The van der Waals surface area contributed by atoms with E-state index in [2.05, 4.69) is 93.4 Å². The predicted octanol–water partition coefficient (Wildman–Crippen LogP) is 4.91. The molecule has 2 aliphatic heterocycles. The Kier molecular flexibility index (Phi) is 9.97. The Bertz CT molecular complexity index is 1950. The van der Waals surface area contributed by atoms with Crippen molar-refractivity contribution in [2.45, 2.75) is 64.8 Å². The summed E-state index contributed by atoms with van der Waals surface area (Å²) >= 11 is 0. The van der Waals surface area contributed by atoms with Crippen molar-refractivity contribution in [1.82, 2.24) is 29.1 Å². The maximum Gasteiger partial charge on any atom is 0.350 e. The molecule has 5 aromatic rings. The predicted molar refractivity (Wildman–Crippen MR) is 197 cm³/mol. The number of hydrogen-bond donors (Lipinski definition) is 1. The van der Waals surface area contributed by atoms with E-state index in [1.165, 1.54) is 38.0 Å².